The Kier molecular flexibility index (Phi) is 3.69. The number of nitrogens with zero attached hydrogens (tertiary/aromatic N) is 1. The van der Waals surface area contributed by atoms with Crippen LogP contribution < -0.4 is 5.32 Å². The van der Waals surface area contributed by atoms with Crippen molar-refractivity contribution in [2.45, 2.75) is 12.8 Å². The van der Waals surface area contributed by atoms with Crippen molar-refractivity contribution in [3.8, 4) is 0 Å². The maximum atomic E-state index is 12.2. The molecule has 0 unspecified atom stereocenters. The monoisotopic (exact) mass is 258 g/mol. The Hall–Kier alpha value is -2.10. The molecule has 1 aliphatic carbocycles. The Labute approximate surface area is 113 Å². The van der Waals surface area contributed by atoms with E-state index in [1.54, 1.807) is 11.1 Å². The summed E-state index contributed by atoms with van der Waals surface area (Å²) in [5.41, 5.74) is -0.120. The second kappa shape index (κ2) is 5.26. The maximum absolute atomic E-state index is 12.2. The smallest absolute Gasteiger partial charge is 0.238 e. The first-order valence-electron chi connectivity index (χ1n) is 6.30. The average molecular weight is 258 g/mol. The van der Waals surface area contributed by atoms with Crippen molar-refractivity contribution in [2.75, 3.05) is 19.4 Å². The molecule has 0 aromatic heterocycles. The zero-order valence-electron chi connectivity index (χ0n) is 11.2. The number of carbonyl (C=O) groups is 2. The van der Waals surface area contributed by atoms with Gasteiger partial charge in [0.2, 0.25) is 5.91 Å². The summed E-state index contributed by atoms with van der Waals surface area (Å²) in [7, 11) is 3.68. The van der Waals surface area contributed by atoms with Crippen LogP contribution in [0.15, 0.2) is 42.6 Å². The molecular weight excluding hydrogens is 240 g/mol. The van der Waals surface area contributed by atoms with Crippen molar-refractivity contribution in [1.82, 2.24) is 4.90 Å². The predicted molar refractivity (Wildman–Crippen MR) is 74.6 cm³/mol. The molecule has 0 heterocycles. The number of carbonyl (C=O) groups excluding carboxylic acids is 2. The minimum absolute atomic E-state index is 0.116. The van der Waals surface area contributed by atoms with Crippen molar-refractivity contribution < 1.29 is 9.59 Å². The van der Waals surface area contributed by atoms with Gasteiger partial charge in [-0.25, -0.2) is 0 Å². The van der Waals surface area contributed by atoms with Gasteiger partial charge >= 0.3 is 0 Å². The van der Waals surface area contributed by atoms with Crippen LogP contribution in [0.2, 0.25) is 0 Å². The van der Waals surface area contributed by atoms with Gasteiger partial charge < -0.3 is 10.2 Å². The van der Waals surface area contributed by atoms with E-state index in [-0.39, 0.29) is 11.7 Å². The quantitative estimate of drug-likeness (QED) is 0.649. The first kappa shape index (κ1) is 13.3. The Morgan fingerprint density at radius 1 is 1.21 bits per heavy atom. The van der Waals surface area contributed by atoms with Gasteiger partial charge in [-0.3, -0.25) is 9.59 Å². The van der Waals surface area contributed by atoms with E-state index in [1.165, 1.54) is 6.08 Å². The molecule has 1 fully saturated rings. The normalized spacial score (nSPS) is 16.1. The van der Waals surface area contributed by atoms with Crippen LogP contribution in [0.5, 0.6) is 0 Å². The zero-order chi connectivity index (χ0) is 13.9. The van der Waals surface area contributed by atoms with E-state index >= 15 is 0 Å². The molecule has 1 saturated carbocycles. The summed E-state index contributed by atoms with van der Waals surface area (Å²) in [6.45, 7) is 0. The molecule has 0 saturated heterocycles. The number of hydrogen-bond donors (Lipinski definition) is 1. The second-order valence-electron chi connectivity index (χ2n) is 5.05. The van der Waals surface area contributed by atoms with Crippen molar-refractivity contribution in [2.24, 2.45) is 5.41 Å². The first-order valence-corrected chi connectivity index (χ1v) is 6.30. The van der Waals surface area contributed by atoms with Crippen molar-refractivity contribution in [3.63, 3.8) is 0 Å². The number of hydrogen-bond acceptors (Lipinski definition) is 3. The highest BCUT2D eigenvalue weighted by molar-refractivity contribution is 6.17. The lowest BCUT2D eigenvalue weighted by Gasteiger charge is -2.13. The summed E-state index contributed by atoms with van der Waals surface area (Å²) in [6.07, 6.45) is 4.42. The summed E-state index contributed by atoms with van der Waals surface area (Å²) in [4.78, 5) is 26.1. The lowest BCUT2D eigenvalue weighted by atomic mass is 9.99. The van der Waals surface area contributed by atoms with Gasteiger partial charge in [0.15, 0.2) is 5.78 Å². The highest BCUT2D eigenvalue weighted by Gasteiger charge is 2.55. The van der Waals surface area contributed by atoms with Gasteiger partial charge in [0.05, 0.1) is 0 Å². The van der Waals surface area contributed by atoms with Crippen LogP contribution in [-0.2, 0) is 9.59 Å². The van der Waals surface area contributed by atoms with Crippen LogP contribution in [0.1, 0.15) is 12.8 Å². The van der Waals surface area contributed by atoms with E-state index < -0.39 is 5.41 Å². The number of para-hydroxylation sites is 1. The summed E-state index contributed by atoms with van der Waals surface area (Å²) >= 11 is 0. The van der Waals surface area contributed by atoms with E-state index in [2.05, 4.69) is 5.32 Å². The topological polar surface area (TPSA) is 49.4 Å². The highest BCUT2D eigenvalue weighted by atomic mass is 16.2. The van der Waals surface area contributed by atoms with Gasteiger partial charge in [0, 0.05) is 26.0 Å². The molecule has 100 valence electrons. The third kappa shape index (κ3) is 3.02. The molecule has 1 amide bonds. The molecule has 0 aliphatic heterocycles. The fraction of sp³-hybridized carbons (Fsp3) is 0.333. The molecule has 1 N–H and O–H groups in total. The molecular formula is C15H18N2O2. The molecule has 4 nitrogen and oxygen atoms in total. The van der Waals surface area contributed by atoms with Crippen LogP contribution in [0, 0.1) is 5.41 Å². The molecule has 0 atom stereocenters. The highest BCUT2D eigenvalue weighted by Crippen LogP contribution is 2.47. The molecule has 1 aromatic carbocycles. The zero-order valence-corrected chi connectivity index (χ0v) is 11.2. The molecule has 1 aliphatic rings. The van der Waals surface area contributed by atoms with Gasteiger partial charge in [-0.05, 0) is 31.1 Å². The molecule has 1 aromatic rings. The van der Waals surface area contributed by atoms with Crippen molar-refractivity contribution in [1.29, 1.82) is 0 Å². The minimum atomic E-state index is -0.845. The molecule has 4 heteroatoms. The lowest BCUT2D eigenvalue weighted by molar-refractivity contribution is -0.130. The Bertz CT molecular complexity index is 502. The predicted octanol–water partition coefficient (Wildman–Crippen LogP) is 2.05. The summed E-state index contributed by atoms with van der Waals surface area (Å²) < 4.78 is 0. The van der Waals surface area contributed by atoms with E-state index in [0.29, 0.717) is 12.8 Å². The number of benzene rings is 1. The van der Waals surface area contributed by atoms with Crippen LogP contribution >= 0.6 is 0 Å². The van der Waals surface area contributed by atoms with Gasteiger partial charge in [-0.2, -0.15) is 0 Å². The number of anilines is 1. The number of amides is 1. The van der Waals surface area contributed by atoms with Crippen molar-refractivity contribution in [3.05, 3.63) is 42.6 Å². The fourth-order valence-electron chi connectivity index (χ4n) is 1.86. The molecule has 2 rings (SSSR count). The van der Waals surface area contributed by atoms with Crippen LogP contribution in [0.25, 0.3) is 0 Å². The third-order valence-corrected chi connectivity index (χ3v) is 3.21. The summed E-state index contributed by atoms with van der Waals surface area (Å²) in [5.74, 6) is -0.318. The molecule has 0 spiro atoms. The molecule has 0 radical (unpaired) electrons. The van der Waals surface area contributed by atoms with Crippen LogP contribution in [-0.4, -0.2) is 30.7 Å². The largest absolute Gasteiger partial charge is 0.383 e. The van der Waals surface area contributed by atoms with Crippen LogP contribution in [0.4, 0.5) is 5.69 Å². The van der Waals surface area contributed by atoms with Crippen molar-refractivity contribution >= 4 is 17.4 Å². The van der Waals surface area contributed by atoms with E-state index in [0.717, 1.165) is 5.69 Å². The summed E-state index contributed by atoms with van der Waals surface area (Å²) in [5, 5.41) is 2.81. The minimum Gasteiger partial charge on any atom is -0.383 e. The van der Waals surface area contributed by atoms with E-state index in [1.807, 2.05) is 44.4 Å². The SMILES string of the molecule is CN(C)C=CC(=O)C1(C(=O)Nc2ccccc2)CC1. The molecule has 0 bridgehead atoms. The number of allylic oxidation sites excluding steroid dienone is 1. The number of ketones is 1. The number of nitrogens with one attached hydrogen (secondary N) is 1. The average Bonchev–Trinajstić information content (AvgIpc) is 3.18. The Morgan fingerprint density at radius 2 is 1.84 bits per heavy atom. The van der Waals surface area contributed by atoms with Crippen LogP contribution in [0.3, 0.4) is 0 Å². The van der Waals surface area contributed by atoms with E-state index in [4.69, 9.17) is 0 Å². The third-order valence-electron chi connectivity index (χ3n) is 3.21. The van der Waals surface area contributed by atoms with Gasteiger partial charge in [-0.15, -0.1) is 0 Å². The first-order chi connectivity index (χ1) is 9.04. The lowest BCUT2D eigenvalue weighted by Crippen LogP contribution is -2.30. The van der Waals surface area contributed by atoms with E-state index in [9.17, 15) is 9.59 Å². The van der Waals surface area contributed by atoms with Gasteiger partial charge in [0.25, 0.3) is 0 Å². The second-order valence-corrected chi connectivity index (χ2v) is 5.05. The number of rotatable bonds is 5. The summed E-state index contributed by atoms with van der Waals surface area (Å²) in [6, 6.07) is 9.21. The Balaban J connectivity index is 2.04. The molecule has 19 heavy (non-hydrogen) atoms. The maximum Gasteiger partial charge on any atom is 0.238 e. The standard InChI is InChI=1S/C15H18N2O2/c1-17(2)11-8-13(18)15(9-10-15)14(19)16-12-6-4-3-5-7-12/h3-8,11H,9-10H2,1-2H3,(H,16,19). The fourth-order valence-corrected chi connectivity index (χ4v) is 1.86. The van der Waals surface area contributed by atoms with Gasteiger partial charge in [0.1, 0.15) is 5.41 Å². The Morgan fingerprint density at radius 3 is 2.37 bits per heavy atom. The van der Waals surface area contributed by atoms with Gasteiger partial charge in [-0.1, -0.05) is 18.2 Å².